The Morgan fingerprint density at radius 1 is 1.55 bits per heavy atom. The fraction of sp³-hybridized carbons (Fsp3) is 0.667. The third-order valence-corrected chi connectivity index (χ3v) is 5.19. The van der Waals surface area contributed by atoms with Crippen LogP contribution in [-0.2, 0) is 4.74 Å². The minimum Gasteiger partial charge on any atom is -0.397 e. The second-order valence-electron chi connectivity index (χ2n) is 6.07. The molecule has 1 saturated heterocycles. The van der Waals surface area contributed by atoms with Crippen molar-refractivity contribution in [3.05, 3.63) is 10.9 Å². The van der Waals surface area contributed by atoms with Gasteiger partial charge >= 0.3 is 0 Å². The smallest absolute Gasteiger partial charge is 0.177 e. The van der Waals surface area contributed by atoms with Crippen LogP contribution >= 0.6 is 11.3 Å². The van der Waals surface area contributed by atoms with Gasteiger partial charge in [-0.15, -0.1) is 11.3 Å². The summed E-state index contributed by atoms with van der Waals surface area (Å²) >= 11 is 1.51. The highest BCUT2D eigenvalue weighted by molar-refractivity contribution is 7.18. The van der Waals surface area contributed by atoms with E-state index in [1.54, 1.807) is 7.11 Å². The van der Waals surface area contributed by atoms with E-state index in [0.717, 1.165) is 30.9 Å². The van der Waals surface area contributed by atoms with Gasteiger partial charge in [-0.3, -0.25) is 4.79 Å². The standard InChI is InChI=1S/C15H24N2O2S/c1-10(2)13(18)14-11(16)8-12(20-14)17-7-5-6-15(3,9-17)19-4/h8,10H,5-7,9,16H2,1-4H3. The van der Waals surface area contributed by atoms with Crippen molar-refractivity contribution in [3.8, 4) is 0 Å². The molecule has 2 N–H and O–H groups in total. The van der Waals surface area contributed by atoms with E-state index in [2.05, 4.69) is 11.8 Å². The van der Waals surface area contributed by atoms with Gasteiger partial charge in [0, 0.05) is 26.1 Å². The molecule has 0 amide bonds. The maximum atomic E-state index is 12.1. The molecule has 0 aliphatic carbocycles. The number of rotatable bonds is 4. The molecule has 0 saturated carbocycles. The SMILES string of the molecule is COC1(C)CCCN(c2cc(N)c(C(=O)C(C)C)s2)C1. The number of anilines is 2. The van der Waals surface area contributed by atoms with Crippen molar-refractivity contribution in [2.24, 2.45) is 5.92 Å². The maximum absolute atomic E-state index is 12.1. The summed E-state index contributed by atoms with van der Waals surface area (Å²) in [6.45, 7) is 7.79. The number of nitrogens with zero attached hydrogens (tertiary/aromatic N) is 1. The molecule has 20 heavy (non-hydrogen) atoms. The van der Waals surface area contributed by atoms with Crippen LogP contribution in [0.3, 0.4) is 0 Å². The highest BCUT2D eigenvalue weighted by Gasteiger charge is 2.32. The largest absolute Gasteiger partial charge is 0.397 e. The van der Waals surface area contributed by atoms with Crippen molar-refractivity contribution in [1.29, 1.82) is 0 Å². The van der Waals surface area contributed by atoms with Crippen LogP contribution in [-0.4, -0.2) is 31.6 Å². The number of piperidine rings is 1. The summed E-state index contributed by atoms with van der Waals surface area (Å²) in [5, 5.41) is 1.08. The maximum Gasteiger partial charge on any atom is 0.177 e. The lowest BCUT2D eigenvalue weighted by Gasteiger charge is -2.40. The monoisotopic (exact) mass is 296 g/mol. The van der Waals surface area contributed by atoms with Crippen LogP contribution in [0.15, 0.2) is 6.07 Å². The summed E-state index contributed by atoms with van der Waals surface area (Å²) in [4.78, 5) is 15.1. The van der Waals surface area contributed by atoms with E-state index in [1.165, 1.54) is 11.3 Å². The quantitative estimate of drug-likeness (QED) is 0.867. The second-order valence-corrected chi connectivity index (χ2v) is 7.10. The molecule has 1 aromatic rings. The molecule has 1 fully saturated rings. The van der Waals surface area contributed by atoms with E-state index >= 15 is 0 Å². The molecule has 5 heteroatoms. The van der Waals surface area contributed by atoms with Crippen LogP contribution < -0.4 is 10.6 Å². The van der Waals surface area contributed by atoms with E-state index in [4.69, 9.17) is 10.5 Å². The van der Waals surface area contributed by atoms with E-state index in [-0.39, 0.29) is 17.3 Å². The lowest BCUT2D eigenvalue weighted by molar-refractivity contribution is -0.00451. The van der Waals surface area contributed by atoms with Gasteiger partial charge in [-0.1, -0.05) is 13.8 Å². The molecule has 2 heterocycles. The van der Waals surface area contributed by atoms with Gasteiger partial charge < -0.3 is 15.4 Å². The molecule has 1 aliphatic heterocycles. The third kappa shape index (κ3) is 2.99. The zero-order valence-electron chi connectivity index (χ0n) is 12.7. The van der Waals surface area contributed by atoms with Crippen LogP contribution in [0.5, 0.6) is 0 Å². The molecule has 112 valence electrons. The summed E-state index contributed by atoms with van der Waals surface area (Å²) in [5.41, 5.74) is 6.51. The van der Waals surface area contributed by atoms with Crippen LogP contribution in [0.4, 0.5) is 10.7 Å². The fourth-order valence-corrected chi connectivity index (χ4v) is 3.76. The highest BCUT2D eigenvalue weighted by atomic mass is 32.1. The Balaban J connectivity index is 2.22. The summed E-state index contributed by atoms with van der Waals surface area (Å²) < 4.78 is 5.62. The Hall–Kier alpha value is -1.07. The van der Waals surface area contributed by atoms with Gasteiger partial charge in [0.2, 0.25) is 0 Å². The van der Waals surface area contributed by atoms with Crippen molar-refractivity contribution >= 4 is 27.8 Å². The van der Waals surface area contributed by atoms with E-state index in [0.29, 0.717) is 10.6 Å². The normalized spacial score (nSPS) is 23.4. The van der Waals surface area contributed by atoms with Crippen LogP contribution in [0, 0.1) is 5.92 Å². The van der Waals surface area contributed by atoms with Gasteiger partial charge in [-0.05, 0) is 25.8 Å². The summed E-state index contributed by atoms with van der Waals surface area (Å²) in [5.74, 6) is 0.111. The van der Waals surface area contributed by atoms with Crippen LogP contribution in [0.1, 0.15) is 43.3 Å². The Morgan fingerprint density at radius 3 is 2.85 bits per heavy atom. The number of hydrogen-bond donors (Lipinski definition) is 1. The molecule has 0 radical (unpaired) electrons. The first-order chi connectivity index (χ1) is 9.36. The summed E-state index contributed by atoms with van der Waals surface area (Å²) in [6, 6.07) is 1.93. The molecular weight excluding hydrogens is 272 g/mol. The lowest BCUT2D eigenvalue weighted by atomic mass is 9.95. The number of thiophene rings is 1. The lowest BCUT2D eigenvalue weighted by Crippen LogP contribution is -2.47. The van der Waals surface area contributed by atoms with Crippen molar-refractivity contribution in [1.82, 2.24) is 0 Å². The number of carbonyl (C=O) groups excluding carboxylic acids is 1. The number of hydrogen-bond acceptors (Lipinski definition) is 5. The average Bonchev–Trinajstić information content (AvgIpc) is 2.80. The van der Waals surface area contributed by atoms with Crippen LogP contribution in [0.2, 0.25) is 0 Å². The molecule has 0 bridgehead atoms. The Labute approximate surface area is 124 Å². The Morgan fingerprint density at radius 2 is 2.25 bits per heavy atom. The molecule has 1 atom stereocenters. The number of nitrogens with two attached hydrogens (primary N) is 1. The van der Waals surface area contributed by atoms with Crippen molar-refractivity contribution in [2.75, 3.05) is 30.8 Å². The molecule has 0 aromatic carbocycles. The van der Waals surface area contributed by atoms with Gasteiger partial charge in [0.15, 0.2) is 5.78 Å². The minimum absolute atomic E-state index is 0.0191. The van der Waals surface area contributed by atoms with E-state index in [1.807, 2.05) is 19.9 Å². The van der Waals surface area contributed by atoms with Crippen molar-refractivity contribution in [3.63, 3.8) is 0 Å². The van der Waals surface area contributed by atoms with Gasteiger partial charge in [0.1, 0.15) is 0 Å². The molecule has 0 spiro atoms. The van der Waals surface area contributed by atoms with Gasteiger partial charge in [0.05, 0.1) is 21.2 Å². The number of ketones is 1. The fourth-order valence-electron chi connectivity index (χ4n) is 2.56. The molecule has 4 nitrogen and oxygen atoms in total. The predicted octanol–water partition coefficient (Wildman–Crippen LogP) is 3.17. The number of nitrogen functional groups attached to an aromatic ring is 1. The highest BCUT2D eigenvalue weighted by Crippen LogP contribution is 2.37. The van der Waals surface area contributed by atoms with E-state index < -0.39 is 0 Å². The summed E-state index contributed by atoms with van der Waals surface area (Å²) in [6.07, 6.45) is 2.16. The third-order valence-electron chi connectivity index (χ3n) is 3.96. The number of Topliss-reactive ketones (excluding diaryl/α,β-unsaturated/α-hetero) is 1. The topological polar surface area (TPSA) is 55.6 Å². The van der Waals surface area contributed by atoms with Gasteiger partial charge in [-0.2, -0.15) is 0 Å². The first-order valence-corrected chi connectivity index (χ1v) is 7.91. The predicted molar refractivity (Wildman–Crippen MR) is 84.8 cm³/mol. The number of methoxy groups -OCH3 is 1. The van der Waals surface area contributed by atoms with Crippen molar-refractivity contribution < 1.29 is 9.53 Å². The molecule has 1 unspecified atom stereocenters. The van der Waals surface area contributed by atoms with Gasteiger partial charge in [-0.25, -0.2) is 0 Å². The zero-order chi connectivity index (χ0) is 14.9. The zero-order valence-corrected chi connectivity index (χ0v) is 13.5. The molecule has 1 aliphatic rings. The first-order valence-electron chi connectivity index (χ1n) is 7.10. The molecule has 2 rings (SSSR count). The van der Waals surface area contributed by atoms with Crippen LogP contribution in [0.25, 0.3) is 0 Å². The van der Waals surface area contributed by atoms with Gasteiger partial charge in [0.25, 0.3) is 0 Å². The number of ether oxygens (including phenoxy) is 1. The van der Waals surface area contributed by atoms with Crippen molar-refractivity contribution in [2.45, 2.75) is 39.2 Å². The molecule has 1 aromatic heterocycles. The average molecular weight is 296 g/mol. The molecular formula is C15H24N2O2S. The van der Waals surface area contributed by atoms with E-state index in [9.17, 15) is 4.79 Å². The second kappa shape index (κ2) is 5.74. The Bertz CT molecular complexity index is 498. The number of carbonyl (C=O) groups is 1. The minimum atomic E-state index is -0.112. The first kappa shape index (κ1) is 15.3. The summed E-state index contributed by atoms with van der Waals surface area (Å²) in [7, 11) is 1.76. The Kier molecular flexibility index (Phi) is 4.39.